The Hall–Kier alpha value is -1.30. The van der Waals surface area contributed by atoms with Gasteiger partial charge in [-0.1, -0.05) is 0 Å². The van der Waals surface area contributed by atoms with Crippen LogP contribution >= 0.6 is 0 Å². The van der Waals surface area contributed by atoms with Gasteiger partial charge < -0.3 is 10.1 Å². The van der Waals surface area contributed by atoms with Gasteiger partial charge in [-0.2, -0.15) is 13.2 Å². The summed E-state index contributed by atoms with van der Waals surface area (Å²) < 4.78 is 42.4. The molecule has 1 fully saturated rings. The molecule has 1 aliphatic heterocycles. The molecule has 0 amide bonds. The van der Waals surface area contributed by atoms with Crippen molar-refractivity contribution >= 4 is 0 Å². The summed E-state index contributed by atoms with van der Waals surface area (Å²) in [5, 5.41) is 3.28. The van der Waals surface area contributed by atoms with Gasteiger partial charge in [0.1, 0.15) is 0 Å². The van der Waals surface area contributed by atoms with Crippen LogP contribution < -0.4 is 10.1 Å². The quantitative estimate of drug-likeness (QED) is 0.916. The third kappa shape index (κ3) is 4.38. The highest BCUT2D eigenvalue weighted by Crippen LogP contribution is 2.29. The van der Waals surface area contributed by atoms with E-state index in [1.165, 1.54) is 6.07 Å². The largest absolute Gasteiger partial charge is 0.478 e. The summed E-state index contributed by atoms with van der Waals surface area (Å²) in [6.07, 6.45) is -0.363. The number of ether oxygens (including phenoxy) is 1. The Bertz CT molecular complexity index is 386. The Balaban J connectivity index is 1.76. The van der Waals surface area contributed by atoms with Gasteiger partial charge in [0.15, 0.2) is 0 Å². The van der Waals surface area contributed by atoms with Gasteiger partial charge >= 0.3 is 6.18 Å². The van der Waals surface area contributed by atoms with Crippen LogP contribution in [0.15, 0.2) is 18.3 Å². The van der Waals surface area contributed by atoms with Crippen molar-refractivity contribution in [2.24, 2.45) is 5.92 Å². The molecule has 0 spiro atoms. The summed E-state index contributed by atoms with van der Waals surface area (Å²) >= 11 is 0. The maximum Gasteiger partial charge on any atom is 0.417 e. The molecule has 106 valence electrons. The minimum Gasteiger partial charge on any atom is -0.478 e. The Kier molecular flexibility index (Phi) is 4.63. The van der Waals surface area contributed by atoms with Crippen LogP contribution in [0.5, 0.6) is 5.88 Å². The Labute approximate surface area is 110 Å². The zero-order chi connectivity index (χ0) is 13.7. The fraction of sp³-hybridized carbons (Fsp3) is 0.615. The molecular weight excluding hydrogens is 257 g/mol. The van der Waals surface area contributed by atoms with Crippen molar-refractivity contribution in [2.75, 3.05) is 19.7 Å². The lowest BCUT2D eigenvalue weighted by molar-refractivity contribution is -0.137. The molecule has 0 aliphatic carbocycles. The van der Waals surface area contributed by atoms with Crippen molar-refractivity contribution in [2.45, 2.75) is 25.4 Å². The second-order valence-corrected chi connectivity index (χ2v) is 4.71. The molecule has 1 aromatic heterocycles. The van der Waals surface area contributed by atoms with Gasteiger partial charge in [0.05, 0.1) is 12.2 Å². The SMILES string of the molecule is FC(F)(F)c1ccc(OCCC2CCNCC2)nc1. The molecule has 1 aliphatic rings. The first-order chi connectivity index (χ1) is 9.05. The predicted molar refractivity (Wildman–Crippen MR) is 64.9 cm³/mol. The van der Waals surface area contributed by atoms with E-state index in [9.17, 15) is 13.2 Å². The van der Waals surface area contributed by atoms with E-state index < -0.39 is 11.7 Å². The molecule has 0 saturated carbocycles. The van der Waals surface area contributed by atoms with E-state index >= 15 is 0 Å². The summed E-state index contributed by atoms with van der Waals surface area (Å²) in [6.45, 7) is 2.56. The molecule has 0 unspecified atom stereocenters. The monoisotopic (exact) mass is 274 g/mol. The van der Waals surface area contributed by atoms with Crippen molar-refractivity contribution in [3.63, 3.8) is 0 Å². The lowest BCUT2D eigenvalue weighted by Crippen LogP contribution is -2.28. The van der Waals surface area contributed by atoms with Crippen molar-refractivity contribution in [1.82, 2.24) is 10.3 Å². The lowest BCUT2D eigenvalue weighted by Gasteiger charge is -2.22. The number of hydrogen-bond donors (Lipinski definition) is 1. The second kappa shape index (κ2) is 6.23. The average Bonchev–Trinajstić information content (AvgIpc) is 2.39. The van der Waals surface area contributed by atoms with Crippen LogP contribution in [0.3, 0.4) is 0 Å². The van der Waals surface area contributed by atoms with Crippen molar-refractivity contribution < 1.29 is 17.9 Å². The maximum absolute atomic E-state index is 12.3. The molecule has 3 nitrogen and oxygen atoms in total. The number of nitrogens with one attached hydrogen (secondary N) is 1. The van der Waals surface area contributed by atoms with Crippen molar-refractivity contribution in [1.29, 1.82) is 0 Å². The van der Waals surface area contributed by atoms with E-state index in [0.717, 1.165) is 44.6 Å². The van der Waals surface area contributed by atoms with E-state index in [1.807, 2.05) is 0 Å². The molecule has 2 rings (SSSR count). The van der Waals surface area contributed by atoms with Crippen molar-refractivity contribution in [3.8, 4) is 5.88 Å². The highest BCUT2D eigenvalue weighted by Gasteiger charge is 2.30. The number of nitrogens with zero attached hydrogens (tertiary/aromatic N) is 1. The molecule has 2 heterocycles. The van der Waals surface area contributed by atoms with Gasteiger partial charge in [-0.15, -0.1) is 0 Å². The zero-order valence-corrected chi connectivity index (χ0v) is 10.5. The molecular formula is C13H17F3N2O. The summed E-state index contributed by atoms with van der Waals surface area (Å²) in [7, 11) is 0. The molecule has 6 heteroatoms. The van der Waals surface area contributed by atoms with Crippen LogP contribution in [0.25, 0.3) is 0 Å². The van der Waals surface area contributed by atoms with Gasteiger partial charge in [-0.25, -0.2) is 4.98 Å². The van der Waals surface area contributed by atoms with Crippen molar-refractivity contribution in [3.05, 3.63) is 23.9 Å². The summed E-state index contributed by atoms with van der Waals surface area (Å²) in [5.41, 5.74) is -0.752. The number of halogens is 3. The average molecular weight is 274 g/mol. The maximum atomic E-state index is 12.3. The Morgan fingerprint density at radius 1 is 1.26 bits per heavy atom. The van der Waals surface area contributed by atoms with E-state index in [0.29, 0.717) is 12.5 Å². The highest BCUT2D eigenvalue weighted by molar-refractivity contribution is 5.20. The van der Waals surface area contributed by atoms with E-state index in [2.05, 4.69) is 10.3 Å². The first-order valence-corrected chi connectivity index (χ1v) is 6.42. The van der Waals surface area contributed by atoms with E-state index in [-0.39, 0.29) is 5.88 Å². The Morgan fingerprint density at radius 2 is 2.00 bits per heavy atom. The molecule has 1 saturated heterocycles. The van der Waals surface area contributed by atoms with Crippen LogP contribution in [-0.4, -0.2) is 24.7 Å². The highest BCUT2D eigenvalue weighted by atomic mass is 19.4. The van der Waals surface area contributed by atoms with Gasteiger partial charge in [-0.05, 0) is 44.3 Å². The molecule has 0 radical (unpaired) electrons. The van der Waals surface area contributed by atoms with E-state index in [1.54, 1.807) is 0 Å². The second-order valence-electron chi connectivity index (χ2n) is 4.71. The topological polar surface area (TPSA) is 34.1 Å². The number of rotatable bonds is 4. The fourth-order valence-corrected chi connectivity index (χ4v) is 2.13. The minimum atomic E-state index is -4.35. The van der Waals surface area contributed by atoms with Crippen LogP contribution in [-0.2, 0) is 6.18 Å². The number of pyridine rings is 1. The van der Waals surface area contributed by atoms with Crippen LogP contribution in [0.1, 0.15) is 24.8 Å². The van der Waals surface area contributed by atoms with Gasteiger partial charge in [-0.3, -0.25) is 0 Å². The number of piperidine rings is 1. The summed E-state index contributed by atoms with van der Waals surface area (Å²) in [6, 6.07) is 2.26. The molecule has 1 aromatic rings. The normalized spacial score (nSPS) is 17.4. The molecule has 0 atom stereocenters. The number of alkyl halides is 3. The number of hydrogen-bond acceptors (Lipinski definition) is 3. The third-order valence-electron chi connectivity index (χ3n) is 3.30. The predicted octanol–water partition coefficient (Wildman–Crippen LogP) is 2.87. The van der Waals surface area contributed by atoms with Gasteiger partial charge in [0.2, 0.25) is 5.88 Å². The fourth-order valence-electron chi connectivity index (χ4n) is 2.13. The van der Waals surface area contributed by atoms with E-state index in [4.69, 9.17) is 4.74 Å². The summed E-state index contributed by atoms with van der Waals surface area (Å²) in [4.78, 5) is 3.67. The minimum absolute atomic E-state index is 0.252. The zero-order valence-electron chi connectivity index (χ0n) is 10.5. The first kappa shape index (κ1) is 14.1. The van der Waals surface area contributed by atoms with Crippen LogP contribution in [0.2, 0.25) is 0 Å². The summed E-state index contributed by atoms with van der Waals surface area (Å²) in [5.74, 6) is 0.887. The molecule has 1 N–H and O–H groups in total. The lowest BCUT2D eigenvalue weighted by atomic mass is 9.95. The van der Waals surface area contributed by atoms with Gasteiger partial charge in [0, 0.05) is 12.3 Å². The Morgan fingerprint density at radius 3 is 2.58 bits per heavy atom. The molecule has 19 heavy (non-hydrogen) atoms. The van der Waals surface area contributed by atoms with Crippen LogP contribution in [0, 0.1) is 5.92 Å². The third-order valence-corrected chi connectivity index (χ3v) is 3.30. The first-order valence-electron chi connectivity index (χ1n) is 6.42. The van der Waals surface area contributed by atoms with Gasteiger partial charge in [0.25, 0.3) is 0 Å². The smallest absolute Gasteiger partial charge is 0.417 e. The number of aromatic nitrogens is 1. The molecule has 0 bridgehead atoms. The standard InChI is InChI=1S/C13H17F3N2O/c14-13(15,16)11-1-2-12(18-9-11)19-8-5-10-3-6-17-7-4-10/h1-2,9-10,17H,3-8H2. The molecule has 0 aromatic carbocycles. The van der Waals surface area contributed by atoms with Crippen LogP contribution in [0.4, 0.5) is 13.2 Å².